The van der Waals surface area contributed by atoms with Gasteiger partial charge in [0.15, 0.2) is 0 Å². The second-order valence-electron chi connectivity index (χ2n) is 9.44. The van der Waals surface area contributed by atoms with E-state index in [1.54, 1.807) is 0 Å². The molecule has 1 unspecified atom stereocenters. The lowest BCUT2D eigenvalue weighted by Crippen LogP contribution is -2.09. The zero-order chi connectivity index (χ0) is 21.7. The Balaban J connectivity index is 1.59. The van der Waals surface area contributed by atoms with Gasteiger partial charge in [-0.1, -0.05) is 61.3 Å². The highest BCUT2D eigenvalue weighted by Gasteiger charge is 2.29. The molecular formula is C32H30. The second kappa shape index (κ2) is 7.78. The summed E-state index contributed by atoms with van der Waals surface area (Å²) in [6, 6.07) is 7.42. The number of allylic oxidation sites excluding steroid dienone is 12. The molecule has 0 spiro atoms. The highest BCUT2D eigenvalue weighted by atomic mass is 14.3. The van der Waals surface area contributed by atoms with Crippen molar-refractivity contribution in [1.29, 1.82) is 0 Å². The summed E-state index contributed by atoms with van der Waals surface area (Å²) in [5.41, 5.74) is 12.7. The molecule has 0 saturated heterocycles. The minimum Gasteiger partial charge on any atom is -0.0914 e. The van der Waals surface area contributed by atoms with Crippen LogP contribution in [0.4, 0.5) is 0 Å². The lowest BCUT2D eigenvalue weighted by atomic mass is 9.77. The van der Waals surface area contributed by atoms with Crippen LogP contribution >= 0.6 is 0 Å². The number of hydrogen-bond donors (Lipinski definition) is 0. The number of rotatable bonds is 3. The topological polar surface area (TPSA) is 0 Å². The highest BCUT2D eigenvalue weighted by molar-refractivity contribution is 6.23. The van der Waals surface area contributed by atoms with E-state index in [1.807, 2.05) is 0 Å². The van der Waals surface area contributed by atoms with Crippen LogP contribution in [0, 0.1) is 0 Å². The van der Waals surface area contributed by atoms with Crippen molar-refractivity contribution in [2.45, 2.75) is 51.4 Å². The maximum Gasteiger partial charge on any atom is 0.0127 e. The first kappa shape index (κ1) is 19.6. The average Bonchev–Trinajstić information content (AvgIpc) is 3.10. The summed E-state index contributed by atoms with van der Waals surface area (Å²) in [6.45, 7) is 6.69. The standard InChI is InChI=1S/C32H30/c1-3-4-5-14-25-21(2)29-19-24(28-17-10-13-22-11-6-8-15-26(22)28)20-31-27-16-9-7-12-23(27)18-30(25)32(29)31/h3-4,8-10,13-16,18-20,28H,2,5-7,11-12,17H2,1H3. The van der Waals surface area contributed by atoms with Crippen molar-refractivity contribution in [1.82, 2.24) is 0 Å². The van der Waals surface area contributed by atoms with Crippen LogP contribution in [0.1, 0.15) is 72.8 Å². The fourth-order valence-electron chi connectivity index (χ4n) is 6.03. The fourth-order valence-corrected chi connectivity index (χ4v) is 6.03. The summed E-state index contributed by atoms with van der Waals surface area (Å²) in [6.07, 6.45) is 27.6. The second-order valence-corrected chi connectivity index (χ2v) is 9.44. The van der Waals surface area contributed by atoms with Crippen molar-refractivity contribution in [2.75, 3.05) is 0 Å². The molecular weight excluding hydrogens is 384 g/mol. The van der Waals surface area contributed by atoms with E-state index in [4.69, 9.17) is 0 Å². The molecule has 4 aliphatic carbocycles. The molecule has 2 aromatic carbocycles. The van der Waals surface area contributed by atoms with E-state index in [9.17, 15) is 0 Å². The van der Waals surface area contributed by atoms with Gasteiger partial charge in [0.05, 0.1) is 0 Å². The molecule has 0 bridgehead atoms. The van der Waals surface area contributed by atoms with E-state index in [2.05, 4.69) is 86.4 Å². The van der Waals surface area contributed by atoms with Crippen molar-refractivity contribution in [3.63, 3.8) is 0 Å². The Kier molecular flexibility index (Phi) is 4.76. The Morgan fingerprint density at radius 3 is 2.75 bits per heavy atom. The van der Waals surface area contributed by atoms with E-state index in [-0.39, 0.29) is 0 Å². The van der Waals surface area contributed by atoms with Crippen molar-refractivity contribution in [3.05, 3.63) is 112 Å². The third kappa shape index (κ3) is 2.97. The maximum absolute atomic E-state index is 4.60. The van der Waals surface area contributed by atoms with Crippen molar-refractivity contribution in [2.24, 2.45) is 0 Å². The van der Waals surface area contributed by atoms with Crippen molar-refractivity contribution in [3.8, 4) is 0 Å². The molecule has 32 heavy (non-hydrogen) atoms. The predicted octanol–water partition coefficient (Wildman–Crippen LogP) is 8.87. The van der Waals surface area contributed by atoms with Crippen LogP contribution in [-0.2, 0) is 6.42 Å². The van der Waals surface area contributed by atoms with Crippen LogP contribution in [0.2, 0.25) is 0 Å². The summed E-state index contributed by atoms with van der Waals surface area (Å²) < 4.78 is 0. The van der Waals surface area contributed by atoms with E-state index in [1.165, 1.54) is 67.3 Å². The van der Waals surface area contributed by atoms with Crippen molar-refractivity contribution < 1.29 is 0 Å². The molecule has 0 N–H and O–H groups in total. The summed E-state index contributed by atoms with van der Waals surface area (Å²) in [5.74, 6) is 0.447. The Bertz CT molecular complexity index is 1330. The summed E-state index contributed by atoms with van der Waals surface area (Å²) in [4.78, 5) is 0. The van der Waals surface area contributed by atoms with Gasteiger partial charge in [0, 0.05) is 5.92 Å². The zero-order valence-corrected chi connectivity index (χ0v) is 19.0. The van der Waals surface area contributed by atoms with Gasteiger partial charge in [-0.2, -0.15) is 0 Å². The van der Waals surface area contributed by atoms with Gasteiger partial charge < -0.3 is 0 Å². The first-order chi connectivity index (χ1) is 15.8. The molecule has 1 atom stereocenters. The minimum absolute atomic E-state index is 0.447. The largest absolute Gasteiger partial charge is 0.0914 e. The number of aryl methyl sites for hydroxylation is 1. The number of fused-ring (bicyclic) bond motifs is 2. The van der Waals surface area contributed by atoms with E-state index in [0.717, 1.165) is 32.1 Å². The van der Waals surface area contributed by atoms with Gasteiger partial charge in [-0.05, 0) is 125 Å². The normalized spacial score (nSPS) is 22.5. The predicted molar refractivity (Wildman–Crippen MR) is 140 cm³/mol. The van der Waals surface area contributed by atoms with Crippen LogP contribution in [0.5, 0.6) is 0 Å². The van der Waals surface area contributed by atoms with E-state index in [0.29, 0.717) is 5.92 Å². The zero-order valence-electron chi connectivity index (χ0n) is 19.0. The average molecular weight is 415 g/mol. The molecule has 158 valence electrons. The first-order valence-electron chi connectivity index (χ1n) is 12.1. The summed E-state index contributed by atoms with van der Waals surface area (Å²) in [5, 5.41) is 2.84. The van der Waals surface area contributed by atoms with Gasteiger partial charge in [0.25, 0.3) is 0 Å². The van der Waals surface area contributed by atoms with Gasteiger partial charge >= 0.3 is 0 Å². The van der Waals surface area contributed by atoms with Crippen LogP contribution < -0.4 is 0 Å². The Morgan fingerprint density at radius 2 is 1.84 bits per heavy atom. The fraction of sp³-hybridized carbons (Fsp3) is 0.250. The first-order valence-corrected chi connectivity index (χ1v) is 12.1. The molecule has 0 saturated carbocycles. The lowest BCUT2D eigenvalue weighted by Gasteiger charge is -2.27. The highest BCUT2D eigenvalue weighted by Crippen LogP contribution is 2.50. The monoisotopic (exact) mass is 414 g/mol. The lowest BCUT2D eigenvalue weighted by molar-refractivity contribution is 0.778. The Labute approximate surface area is 191 Å². The van der Waals surface area contributed by atoms with Gasteiger partial charge in [-0.15, -0.1) is 0 Å². The molecule has 2 aromatic rings. The van der Waals surface area contributed by atoms with Gasteiger partial charge in [-0.25, -0.2) is 0 Å². The molecule has 0 aromatic heterocycles. The van der Waals surface area contributed by atoms with Gasteiger partial charge in [0.1, 0.15) is 0 Å². The molecule has 6 rings (SSSR count). The van der Waals surface area contributed by atoms with Crippen LogP contribution in [0.15, 0.2) is 84.5 Å². The molecule has 0 radical (unpaired) electrons. The molecule has 0 amide bonds. The molecule has 0 heterocycles. The third-order valence-electron chi connectivity index (χ3n) is 7.60. The maximum atomic E-state index is 4.60. The SMILES string of the molecule is C=C1C(=CCC=CC)c2cc3c(c4cc(C5CC=CC6=C5C=CCC6)cc1c24)C=CCC3. The quantitative estimate of drug-likeness (QED) is 0.440. The van der Waals surface area contributed by atoms with Crippen molar-refractivity contribution >= 4 is 28.0 Å². The Morgan fingerprint density at radius 1 is 0.969 bits per heavy atom. The van der Waals surface area contributed by atoms with Gasteiger partial charge in [0.2, 0.25) is 0 Å². The molecule has 0 nitrogen and oxygen atoms in total. The molecule has 0 heteroatoms. The third-order valence-corrected chi connectivity index (χ3v) is 7.60. The van der Waals surface area contributed by atoms with E-state index >= 15 is 0 Å². The van der Waals surface area contributed by atoms with Gasteiger partial charge in [-0.3, -0.25) is 0 Å². The van der Waals surface area contributed by atoms with Crippen LogP contribution in [0.25, 0.3) is 28.0 Å². The Hall–Kier alpha value is -3.12. The smallest absolute Gasteiger partial charge is 0.0127 e. The minimum atomic E-state index is 0.447. The summed E-state index contributed by atoms with van der Waals surface area (Å²) in [7, 11) is 0. The number of hydrogen-bond acceptors (Lipinski definition) is 0. The van der Waals surface area contributed by atoms with Crippen LogP contribution in [-0.4, -0.2) is 0 Å². The van der Waals surface area contributed by atoms with Crippen LogP contribution in [0.3, 0.4) is 0 Å². The molecule has 0 aliphatic heterocycles. The number of benzene rings is 2. The summed E-state index contributed by atoms with van der Waals surface area (Å²) >= 11 is 0. The van der Waals surface area contributed by atoms with E-state index < -0.39 is 0 Å². The molecule has 4 aliphatic rings. The molecule has 0 fully saturated rings.